The number of aryl methyl sites for hydroxylation is 1. The van der Waals surface area contributed by atoms with Gasteiger partial charge < -0.3 is 10.0 Å². The standard InChI is InChI=1S/C31H34Cl2F3N3O4/c1-16-10-21(32)24(22(33)11-16)23(40)15-38(17-12-19-20(13-17)28(19,2)3)26(41)18-14-37-39(25(18)31(34,35)36)30-7-4-29(5-8-30,6-9-30)27(42)43/h10-11,14,17,19-20H,4-9,12-13,15H2,1-3H3,(H,42,43). The van der Waals surface area contributed by atoms with Crippen LogP contribution in [-0.2, 0) is 16.5 Å². The van der Waals surface area contributed by atoms with Gasteiger partial charge in [0.2, 0.25) is 0 Å². The minimum Gasteiger partial charge on any atom is -0.481 e. The average molecular weight is 641 g/mol. The number of rotatable bonds is 7. The normalized spacial score (nSPS) is 30.7. The molecule has 232 valence electrons. The number of hydrogen-bond acceptors (Lipinski definition) is 4. The molecule has 2 unspecified atom stereocenters. The fourth-order valence-electron chi connectivity index (χ4n) is 8.39. The van der Waals surface area contributed by atoms with Crippen molar-refractivity contribution < 1.29 is 32.7 Å². The van der Waals surface area contributed by atoms with Gasteiger partial charge in [-0.25, -0.2) is 0 Å². The van der Waals surface area contributed by atoms with Crippen molar-refractivity contribution in [2.24, 2.45) is 22.7 Å². The molecule has 0 radical (unpaired) electrons. The zero-order valence-corrected chi connectivity index (χ0v) is 25.7. The lowest BCUT2D eigenvalue weighted by molar-refractivity contribution is -0.163. The molecule has 0 spiro atoms. The lowest BCUT2D eigenvalue weighted by Gasteiger charge is -2.51. The van der Waals surface area contributed by atoms with E-state index in [1.54, 1.807) is 19.1 Å². The molecular formula is C31H34Cl2F3N3O4. The van der Waals surface area contributed by atoms with Crippen molar-refractivity contribution in [3.05, 3.63) is 50.8 Å². The number of ketones is 1. The Labute approximate surface area is 257 Å². The summed E-state index contributed by atoms with van der Waals surface area (Å²) in [5.74, 6) is -1.74. The second-order valence-electron chi connectivity index (χ2n) is 13.7. The Morgan fingerprint density at radius 3 is 2.05 bits per heavy atom. The second-order valence-corrected chi connectivity index (χ2v) is 14.6. The van der Waals surface area contributed by atoms with Crippen molar-refractivity contribution in [3.8, 4) is 0 Å². The molecule has 2 atom stereocenters. The van der Waals surface area contributed by atoms with Gasteiger partial charge in [-0.3, -0.25) is 19.1 Å². The van der Waals surface area contributed by atoms with Crippen LogP contribution >= 0.6 is 23.2 Å². The van der Waals surface area contributed by atoms with Crippen LogP contribution in [0.5, 0.6) is 0 Å². The molecule has 0 aliphatic heterocycles. The Balaban J connectivity index is 1.36. The van der Waals surface area contributed by atoms with Gasteiger partial charge >= 0.3 is 12.1 Å². The topological polar surface area (TPSA) is 92.5 Å². The minimum absolute atomic E-state index is 0.0344. The van der Waals surface area contributed by atoms with Crippen molar-refractivity contribution in [2.45, 2.75) is 89.9 Å². The quantitative estimate of drug-likeness (QED) is 0.318. The van der Waals surface area contributed by atoms with Crippen molar-refractivity contribution in [3.63, 3.8) is 0 Å². The van der Waals surface area contributed by atoms with E-state index in [9.17, 15) is 32.7 Å². The van der Waals surface area contributed by atoms with Gasteiger partial charge in [-0.15, -0.1) is 0 Å². The van der Waals surface area contributed by atoms with Gasteiger partial charge in [0.25, 0.3) is 5.91 Å². The van der Waals surface area contributed by atoms with E-state index in [-0.39, 0.29) is 59.5 Å². The Hall–Kier alpha value is -2.59. The predicted octanol–water partition coefficient (Wildman–Crippen LogP) is 7.41. The maximum atomic E-state index is 14.8. The Morgan fingerprint density at radius 1 is 1.02 bits per heavy atom. The number of aromatic nitrogens is 2. The maximum Gasteiger partial charge on any atom is 0.433 e. The Morgan fingerprint density at radius 2 is 1.56 bits per heavy atom. The molecule has 1 N–H and O–H groups in total. The molecule has 5 fully saturated rings. The predicted molar refractivity (Wildman–Crippen MR) is 153 cm³/mol. The number of alkyl halides is 3. The van der Waals surface area contributed by atoms with E-state index in [0.29, 0.717) is 24.7 Å². The summed E-state index contributed by atoms with van der Waals surface area (Å²) in [5.41, 5.74) is -2.82. The highest BCUT2D eigenvalue weighted by atomic mass is 35.5. The van der Waals surface area contributed by atoms with Crippen molar-refractivity contribution in [1.29, 1.82) is 0 Å². The molecule has 0 saturated heterocycles. The fraction of sp³-hybridized carbons (Fsp3) is 0.613. The number of carboxylic acid groups (broad SMARTS) is 1. The van der Waals surface area contributed by atoms with Gasteiger partial charge in [-0.05, 0) is 93.2 Å². The minimum atomic E-state index is -4.91. The van der Waals surface area contributed by atoms with Gasteiger partial charge in [0.05, 0.1) is 44.9 Å². The number of fused-ring (bicyclic) bond motifs is 4. The molecule has 1 aromatic heterocycles. The number of halogens is 5. The fourth-order valence-corrected chi connectivity index (χ4v) is 9.20. The van der Waals surface area contributed by atoms with E-state index in [1.165, 1.54) is 4.90 Å². The molecule has 5 saturated carbocycles. The van der Waals surface area contributed by atoms with Crippen LogP contribution in [0.4, 0.5) is 13.2 Å². The second kappa shape index (κ2) is 9.96. The van der Waals surface area contributed by atoms with Crippen LogP contribution in [0.25, 0.3) is 0 Å². The molecule has 2 aromatic rings. The Kier molecular flexibility index (Phi) is 7.05. The largest absolute Gasteiger partial charge is 0.481 e. The first kappa shape index (κ1) is 30.4. The summed E-state index contributed by atoms with van der Waals surface area (Å²) in [4.78, 5) is 41.0. The third kappa shape index (κ3) is 4.78. The lowest BCUT2D eigenvalue weighted by Crippen LogP contribution is -2.52. The van der Waals surface area contributed by atoms with E-state index in [1.807, 2.05) is 0 Å². The number of hydrogen-bond donors (Lipinski definition) is 1. The maximum absolute atomic E-state index is 14.8. The Bertz CT molecular complexity index is 1470. The van der Waals surface area contributed by atoms with E-state index in [0.717, 1.165) is 16.4 Å². The number of carbonyl (C=O) groups excluding carboxylic acids is 2. The molecule has 5 aliphatic rings. The molecule has 1 heterocycles. The van der Waals surface area contributed by atoms with Crippen molar-refractivity contribution >= 4 is 40.9 Å². The molecule has 1 aromatic carbocycles. The van der Waals surface area contributed by atoms with Crippen LogP contribution in [0.15, 0.2) is 18.3 Å². The third-order valence-corrected chi connectivity index (χ3v) is 11.8. The van der Waals surface area contributed by atoms with E-state index >= 15 is 0 Å². The number of aliphatic carboxylic acids is 1. The van der Waals surface area contributed by atoms with Gasteiger partial charge in [0.1, 0.15) is 0 Å². The highest BCUT2D eigenvalue weighted by Crippen LogP contribution is 2.67. The number of carboxylic acids is 1. The monoisotopic (exact) mass is 639 g/mol. The summed E-state index contributed by atoms with van der Waals surface area (Å²) in [6.07, 6.45) is -1.33. The molecule has 7 rings (SSSR count). The summed E-state index contributed by atoms with van der Waals surface area (Å²) < 4.78 is 45.4. The van der Waals surface area contributed by atoms with Crippen LogP contribution in [0.3, 0.4) is 0 Å². The molecule has 5 aliphatic carbocycles. The lowest BCUT2D eigenvalue weighted by atomic mass is 9.57. The van der Waals surface area contributed by atoms with E-state index < -0.39 is 58.6 Å². The SMILES string of the molecule is Cc1cc(Cl)c(C(=O)CN(C(=O)c2cnn(C34CCC(C(=O)O)(CC3)CC4)c2C(F)(F)F)C2CC3C(C2)C3(C)C)c(Cl)c1. The molecule has 7 nitrogen and oxygen atoms in total. The van der Waals surface area contributed by atoms with E-state index in [2.05, 4.69) is 18.9 Å². The van der Waals surface area contributed by atoms with Gasteiger partial charge in [-0.2, -0.15) is 18.3 Å². The third-order valence-electron chi connectivity index (χ3n) is 11.2. The molecule has 43 heavy (non-hydrogen) atoms. The van der Waals surface area contributed by atoms with Crippen molar-refractivity contribution in [2.75, 3.05) is 6.54 Å². The highest BCUT2D eigenvalue weighted by Gasteiger charge is 2.63. The van der Waals surface area contributed by atoms with Crippen LogP contribution in [0.2, 0.25) is 10.0 Å². The average Bonchev–Trinajstić information content (AvgIpc) is 3.36. The first-order valence-electron chi connectivity index (χ1n) is 14.7. The molecule has 12 heteroatoms. The van der Waals surface area contributed by atoms with Crippen LogP contribution in [0, 0.1) is 29.6 Å². The number of Topliss-reactive ketones (excluding diaryl/α,β-unsaturated/α-hetero) is 1. The van der Waals surface area contributed by atoms with Crippen molar-refractivity contribution in [1.82, 2.24) is 14.7 Å². The first-order valence-corrected chi connectivity index (χ1v) is 15.5. The number of carbonyl (C=O) groups is 3. The zero-order chi connectivity index (χ0) is 31.3. The highest BCUT2D eigenvalue weighted by molar-refractivity contribution is 6.40. The number of nitrogens with zero attached hydrogens (tertiary/aromatic N) is 3. The van der Waals surface area contributed by atoms with Crippen LogP contribution in [0.1, 0.15) is 97.2 Å². The van der Waals surface area contributed by atoms with Gasteiger partial charge in [0.15, 0.2) is 11.5 Å². The molecule has 1 amide bonds. The smallest absolute Gasteiger partial charge is 0.433 e. The summed E-state index contributed by atoms with van der Waals surface area (Å²) >= 11 is 12.7. The first-order chi connectivity index (χ1) is 20.0. The summed E-state index contributed by atoms with van der Waals surface area (Å²) in [6, 6.07) is 2.74. The summed E-state index contributed by atoms with van der Waals surface area (Å²) in [5, 5.41) is 14.2. The van der Waals surface area contributed by atoms with E-state index in [4.69, 9.17) is 23.2 Å². The zero-order valence-electron chi connectivity index (χ0n) is 24.2. The number of benzene rings is 1. The van der Waals surface area contributed by atoms with Gasteiger partial charge in [0, 0.05) is 6.04 Å². The van der Waals surface area contributed by atoms with Crippen LogP contribution in [-0.4, -0.2) is 50.0 Å². The summed E-state index contributed by atoms with van der Waals surface area (Å²) in [6.45, 7) is 5.57. The van der Waals surface area contributed by atoms with Gasteiger partial charge in [-0.1, -0.05) is 37.0 Å². The molecular weight excluding hydrogens is 606 g/mol. The molecule has 2 bridgehead atoms. The van der Waals surface area contributed by atoms with Crippen LogP contribution < -0.4 is 0 Å². The summed E-state index contributed by atoms with van der Waals surface area (Å²) in [7, 11) is 0. The number of amides is 1.